The van der Waals surface area contributed by atoms with E-state index < -0.39 is 40.3 Å². The minimum Gasteiger partial charge on any atom is -0.481 e. The maximum absolute atomic E-state index is 11.8. The largest absolute Gasteiger partial charge is 0.481 e. The standard InChI is InChI=1S/C14H20O2.C13H22O5.4C13H18O2.C12H13NO2.C10H20O2.2C6H12O2/c1-3-11(2)13-6-4-12(5-7-13)8-15-9-14-10-16-14;1-6-13(4,5)12(16)18-8-10(14)7-17-11(15)9(2)3;4*1-4-13(2,3)12(14)15-10-11-8-6-5-7-9-11;1-8-9(2)12(15)13(11(8)14)10-6-4-3-5-7-10;1-5-7-8-12-9(11)10(3,4)6-2;2*1-4-6(2,3)5(7)8/h4-7,11,14H,3,8-10H2,1-2H3;10,14H,2,6-8H2,1,3-5H3;4*5-9H,4,10H2,1-3H3;3-9H,1-2H3;5-8H2,1-4H3;2*4H2,1-3H3,(H,7,8). The second-order valence-corrected chi connectivity index (χ2v) is 39.3. The van der Waals surface area contributed by atoms with Gasteiger partial charge in [0.1, 0.15) is 51.8 Å². The summed E-state index contributed by atoms with van der Waals surface area (Å²) in [6, 6.07) is 56.7. The molecule has 3 N–H and O–H groups in total. The minimum atomic E-state index is -1.02. The molecule has 6 aromatic carbocycles. The van der Waals surface area contributed by atoms with Gasteiger partial charge >= 0.3 is 53.7 Å². The Bertz CT molecular complexity index is 4140. The average molecular weight is 1910 g/mol. The number of carboxylic acids is 2. The zero-order chi connectivity index (χ0) is 105. The van der Waals surface area contributed by atoms with E-state index >= 15 is 0 Å². The molecule has 2 aliphatic rings. The summed E-state index contributed by atoms with van der Waals surface area (Å²) in [5.74, 6) is -2.96. The van der Waals surface area contributed by atoms with Gasteiger partial charge in [0.15, 0.2) is 0 Å². The third kappa shape index (κ3) is 53.2. The Morgan fingerprint density at radius 1 is 0.387 bits per heavy atom. The van der Waals surface area contributed by atoms with E-state index in [9.17, 15) is 57.8 Å². The summed E-state index contributed by atoms with van der Waals surface area (Å²) < 4.78 is 46.4. The average Bonchev–Trinajstić information content (AvgIpc) is 1.64. The van der Waals surface area contributed by atoms with Crippen LogP contribution in [-0.4, -0.2) is 126 Å². The zero-order valence-corrected chi connectivity index (χ0v) is 88.6. The number of unbranched alkanes of at least 4 members (excludes halogenated alkanes) is 1. The van der Waals surface area contributed by atoms with Crippen LogP contribution in [0.3, 0.4) is 0 Å². The van der Waals surface area contributed by atoms with E-state index in [1.165, 1.54) is 29.4 Å². The number of carbonyl (C=O) groups excluding carboxylic acids is 9. The van der Waals surface area contributed by atoms with Crippen LogP contribution in [0, 0.1) is 55.2 Å². The molecule has 0 aliphatic carbocycles. The fraction of sp³-hybridized carbons (Fsp3) is 0.566. The first kappa shape index (κ1) is 128. The quantitative estimate of drug-likeness (QED) is 0.00806. The molecule has 24 nitrogen and oxygen atoms in total. The number of ether oxygens (including phenoxy) is 9. The maximum atomic E-state index is 11.8. The van der Waals surface area contributed by atoms with Gasteiger partial charge in [-0.15, -0.1) is 0 Å². The summed E-state index contributed by atoms with van der Waals surface area (Å²) in [6.07, 6.45) is 8.57. The van der Waals surface area contributed by atoms with Crippen molar-refractivity contribution in [1.82, 2.24) is 0 Å². The molecule has 24 heteroatoms. The molecule has 8 rings (SSSR count). The Morgan fingerprint density at radius 3 is 0.898 bits per heavy atom. The van der Waals surface area contributed by atoms with Crippen LogP contribution in [0.5, 0.6) is 0 Å². The summed E-state index contributed by atoms with van der Waals surface area (Å²) in [5.41, 5.74) is 4.19. The molecule has 6 aromatic rings. The molecule has 0 radical (unpaired) electrons. The SMILES string of the molecule is C=C(C)C(=O)OCC(O)COC(=O)C(C)(C)CC.CC1C(=O)N(c2ccccc2)C(=O)C1C.CCC(C)(C)C(=O)O.CCC(C)(C)C(=O)O.CCC(C)(C)C(=O)OCc1ccccc1.CCC(C)(C)C(=O)OCc1ccccc1.CCC(C)(C)C(=O)OCc1ccccc1.CCC(C)(C)C(=O)OCc1ccccc1.CCC(C)c1ccc(COCC2CO2)cc1.CCCCOC(=O)C(C)(C)CC. The van der Waals surface area contributed by atoms with Crippen molar-refractivity contribution in [2.45, 2.75) is 330 Å². The first-order chi connectivity index (χ1) is 63.9. The zero-order valence-electron chi connectivity index (χ0n) is 88.6. The number of hydrogen-bond donors (Lipinski definition) is 3. The highest BCUT2D eigenvalue weighted by Crippen LogP contribution is 2.32. The van der Waals surface area contributed by atoms with Gasteiger partial charge in [0, 0.05) is 17.4 Å². The lowest BCUT2D eigenvalue weighted by atomic mass is 9.91. The number of benzene rings is 6. The lowest BCUT2D eigenvalue weighted by Crippen LogP contribution is -2.31. The van der Waals surface area contributed by atoms with Crippen LogP contribution in [0.15, 0.2) is 188 Å². The normalized spacial score (nSPS) is 14.2. The highest BCUT2D eigenvalue weighted by Gasteiger charge is 2.43. The highest BCUT2D eigenvalue weighted by atomic mass is 16.6. The number of nitrogens with zero attached hydrogens (tertiary/aromatic N) is 1. The van der Waals surface area contributed by atoms with Crippen molar-refractivity contribution in [1.29, 1.82) is 0 Å². The van der Waals surface area contributed by atoms with Crippen LogP contribution in [0.4, 0.5) is 5.69 Å². The van der Waals surface area contributed by atoms with E-state index in [1.807, 2.05) is 264 Å². The summed E-state index contributed by atoms with van der Waals surface area (Å²) in [5, 5.41) is 26.4. The second-order valence-electron chi connectivity index (χ2n) is 39.3. The smallest absolute Gasteiger partial charge is 0.333 e. The number of hydrogen-bond acceptors (Lipinski definition) is 21. The predicted molar refractivity (Wildman–Crippen MR) is 543 cm³/mol. The van der Waals surface area contributed by atoms with Crippen LogP contribution in [-0.2, 0) is 128 Å². The van der Waals surface area contributed by atoms with Crippen molar-refractivity contribution >= 4 is 71.2 Å². The molecule has 5 unspecified atom stereocenters. The van der Waals surface area contributed by atoms with E-state index in [4.69, 9.17) is 52.8 Å². The van der Waals surface area contributed by atoms with Gasteiger partial charge in [0.25, 0.3) is 0 Å². The Balaban J connectivity index is 0. The molecular formula is C113H171NO23. The van der Waals surface area contributed by atoms with Crippen molar-refractivity contribution in [3.63, 3.8) is 0 Å². The van der Waals surface area contributed by atoms with Crippen molar-refractivity contribution in [2.75, 3.05) is 37.9 Å². The number of amides is 2. The van der Waals surface area contributed by atoms with Gasteiger partial charge in [-0.05, 0) is 233 Å². The predicted octanol–water partition coefficient (Wildman–Crippen LogP) is 24.8. The van der Waals surface area contributed by atoms with Crippen molar-refractivity contribution < 1.29 is 111 Å². The molecule has 2 fully saturated rings. The molecule has 0 aromatic heterocycles. The third-order valence-electron chi connectivity index (χ3n) is 24.4. The number of imide groups is 1. The molecule has 766 valence electrons. The van der Waals surface area contributed by atoms with E-state index in [2.05, 4.69) is 51.6 Å². The Morgan fingerprint density at radius 2 is 0.650 bits per heavy atom. The fourth-order valence-corrected chi connectivity index (χ4v) is 9.48. The Kier molecular flexibility index (Phi) is 61.8. The van der Waals surface area contributed by atoms with Crippen molar-refractivity contribution in [3.05, 3.63) is 221 Å². The van der Waals surface area contributed by atoms with Gasteiger partial charge in [-0.1, -0.05) is 267 Å². The van der Waals surface area contributed by atoms with E-state index in [-0.39, 0.29) is 105 Å². The van der Waals surface area contributed by atoms with Crippen molar-refractivity contribution in [2.24, 2.45) is 55.2 Å². The number of anilines is 1. The molecule has 5 atom stereocenters. The molecule has 2 amide bonds. The molecule has 0 spiro atoms. The van der Waals surface area contributed by atoms with Gasteiger partial charge in [-0.3, -0.25) is 52.8 Å². The summed E-state index contributed by atoms with van der Waals surface area (Å²) in [4.78, 5) is 126. The maximum Gasteiger partial charge on any atom is 0.333 e. The number of carboxylic acid groups (broad SMARTS) is 2. The summed E-state index contributed by atoms with van der Waals surface area (Å²) in [7, 11) is 0. The monoisotopic (exact) mass is 1910 g/mol. The summed E-state index contributed by atoms with van der Waals surface area (Å²) >= 11 is 0. The van der Waals surface area contributed by atoms with Crippen molar-refractivity contribution in [3.8, 4) is 0 Å². The number of rotatable bonds is 39. The molecule has 0 bridgehead atoms. The van der Waals surface area contributed by atoms with E-state index in [0.717, 1.165) is 80.4 Å². The molecular weight excluding hydrogens is 1740 g/mol. The minimum absolute atomic E-state index is 0.0709. The Labute approximate surface area is 821 Å². The number of aliphatic hydroxyl groups excluding tert-OH is 1. The van der Waals surface area contributed by atoms with Gasteiger partial charge in [-0.2, -0.15) is 0 Å². The third-order valence-corrected chi connectivity index (χ3v) is 24.4. The number of aliphatic carboxylic acids is 2. The van der Waals surface area contributed by atoms with E-state index in [0.29, 0.717) is 76.6 Å². The van der Waals surface area contributed by atoms with Crippen LogP contribution in [0.25, 0.3) is 0 Å². The van der Waals surface area contributed by atoms with Gasteiger partial charge < -0.3 is 58.0 Å². The number of epoxide rings is 1. The number of aliphatic hydroxyl groups is 1. The second kappa shape index (κ2) is 66.0. The number of carbonyl (C=O) groups is 11. The van der Waals surface area contributed by atoms with E-state index in [1.54, 1.807) is 67.5 Å². The molecule has 2 saturated heterocycles. The molecule has 2 aliphatic heterocycles. The highest BCUT2D eigenvalue weighted by molar-refractivity contribution is 6.21. The first-order valence-corrected chi connectivity index (χ1v) is 48.3. The lowest BCUT2D eigenvalue weighted by Gasteiger charge is -2.21. The Hall–Kier alpha value is -10.7. The van der Waals surface area contributed by atoms with Gasteiger partial charge in [0.2, 0.25) is 11.8 Å². The molecule has 137 heavy (non-hydrogen) atoms. The fourth-order valence-electron chi connectivity index (χ4n) is 9.48. The van der Waals surface area contributed by atoms with Gasteiger partial charge in [0.05, 0.1) is 75.4 Å². The van der Waals surface area contributed by atoms with Crippen LogP contribution < -0.4 is 4.90 Å². The molecule has 0 saturated carbocycles. The summed E-state index contributed by atoms with van der Waals surface area (Å²) in [6.45, 7) is 64.0. The van der Waals surface area contributed by atoms with Crippen LogP contribution in [0.1, 0.15) is 318 Å². The van der Waals surface area contributed by atoms with Crippen LogP contribution >= 0.6 is 0 Å². The topological polar surface area (TPSA) is 338 Å². The van der Waals surface area contributed by atoms with Crippen LogP contribution in [0.2, 0.25) is 0 Å². The van der Waals surface area contributed by atoms with Gasteiger partial charge in [-0.25, -0.2) is 4.79 Å². The number of esters is 7. The molecule has 2 heterocycles. The number of para-hydroxylation sites is 1. The first-order valence-electron chi connectivity index (χ1n) is 48.3. The lowest BCUT2D eigenvalue weighted by molar-refractivity contribution is -0.159.